The molecule has 0 aliphatic carbocycles. The van der Waals surface area contributed by atoms with Gasteiger partial charge < -0.3 is 19.9 Å². The molecule has 34 heavy (non-hydrogen) atoms. The smallest absolute Gasteiger partial charge is 0.177 e. The molecule has 12 heteroatoms. The van der Waals surface area contributed by atoms with Gasteiger partial charge in [-0.15, -0.1) is 5.10 Å². The molecular formula is C22H21Cl2N9O. The predicted octanol–water partition coefficient (Wildman–Crippen LogP) is 3.76. The lowest BCUT2D eigenvalue weighted by atomic mass is 10.3. The third-order valence-electron chi connectivity index (χ3n) is 5.81. The maximum Gasteiger partial charge on any atom is 0.177 e. The average molecular weight is 498 g/mol. The molecule has 0 saturated carbocycles. The lowest BCUT2D eigenvalue weighted by Crippen LogP contribution is -2.37. The van der Waals surface area contributed by atoms with Crippen LogP contribution in [0.3, 0.4) is 0 Å². The highest BCUT2D eigenvalue weighted by Crippen LogP contribution is 2.29. The first-order valence-corrected chi connectivity index (χ1v) is 11.6. The van der Waals surface area contributed by atoms with Gasteiger partial charge in [0, 0.05) is 38.0 Å². The normalized spacial score (nSPS) is 14.4. The number of anilines is 2. The molecule has 0 spiro atoms. The molecule has 2 N–H and O–H groups in total. The van der Waals surface area contributed by atoms with Gasteiger partial charge in [0.15, 0.2) is 11.5 Å². The third-order valence-corrected chi connectivity index (χ3v) is 6.53. The number of benzene rings is 1. The summed E-state index contributed by atoms with van der Waals surface area (Å²) in [5, 5.41) is 13.7. The average Bonchev–Trinajstić information content (AvgIpc) is 3.56. The van der Waals surface area contributed by atoms with Crippen LogP contribution in [0.5, 0.6) is 0 Å². The van der Waals surface area contributed by atoms with Crippen molar-refractivity contribution >= 4 is 51.4 Å². The number of fused-ring (bicyclic) bond motifs is 2. The van der Waals surface area contributed by atoms with Gasteiger partial charge in [0.1, 0.15) is 5.82 Å². The van der Waals surface area contributed by atoms with E-state index in [1.54, 1.807) is 16.8 Å². The van der Waals surface area contributed by atoms with Crippen molar-refractivity contribution in [1.82, 2.24) is 34.3 Å². The zero-order chi connectivity index (χ0) is 23.2. The Morgan fingerprint density at radius 1 is 1.12 bits per heavy atom. The number of morpholine rings is 1. The van der Waals surface area contributed by atoms with Crippen LogP contribution < -0.4 is 10.2 Å². The fourth-order valence-corrected chi connectivity index (χ4v) is 4.42. The van der Waals surface area contributed by atoms with Gasteiger partial charge in [-0.3, -0.25) is 4.68 Å². The van der Waals surface area contributed by atoms with Gasteiger partial charge in [0.05, 0.1) is 64.6 Å². The highest BCUT2D eigenvalue weighted by Gasteiger charge is 2.19. The summed E-state index contributed by atoms with van der Waals surface area (Å²) < 4.78 is 9.15. The minimum atomic E-state index is 0.460. The SMILES string of the molecule is Cn1cc(-c2cnc3c(NCc4nc5cc(Cl)c(Cl)cc5[nH]4)cc(N4CCOCC4)nn23)cn1. The molecule has 4 aromatic heterocycles. The van der Waals surface area contributed by atoms with Crippen molar-refractivity contribution in [2.24, 2.45) is 7.05 Å². The Morgan fingerprint density at radius 2 is 1.94 bits per heavy atom. The number of halogens is 2. The van der Waals surface area contributed by atoms with Crippen molar-refractivity contribution in [2.45, 2.75) is 6.54 Å². The molecule has 1 saturated heterocycles. The van der Waals surface area contributed by atoms with Crippen molar-refractivity contribution in [1.29, 1.82) is 0 Å². The van der Waals surface area contributed by atoms with Crippen molar-refractivity contribution < 1.29 is 4.74 Å². The van der Waals surface area contributed by atoms with Gasteiger partial charge in [0.25, 0.3) is 0 Å². The summed E-state index contributed by atoms with van der Waals surface area (Å²) in [6, 6.07) is 5.57. The number of hydrogen-bond donors (Lipinski definition) is 2. The quantitative estimate of drug-likeness (QED) is 0.381. The zero-order valence-electron chi connectivity index (χ0n) is 18.3. The highest BCUT2D eigenvalue weighted by atomic mass is 35.5. The molecule has 0 radical (unpaired) electrons. The first-order valence-electron chi connectivity index (χ1n) is 10.8. The summed E-state index contributed by atoms with van der Waals surface area (Å²) in [7, 11) is 1.89. The van der Waals surface area contributed by atoms with E-state index in [9.17, 15) is 0 Å². The Bertz CT molecular complexity index is 1460. The Morgan fingerprint density at radius 3 is 2.74 bits per heavy atom. The number of hydrogen-bond acceptors (Lipinski definition) is 7. The van der Waals surface area contributed by atoms with E-state index in [4.69, 9.17) is 33.0 Å². The summed E-state index contributed by atoms with van der Waals surface area (Å²) in [6.07, 6.45) is 5.58. The molecule has 1 fully saturated rings. The highest BCUT2D eigenvalue weighted by molar-refractivity contribution is 6.42. The Hall–Kier alpha value is -3.34. The number of aromatic nitrogens is 7. The van der Waals surface area contributed by atoms with E-state index in [1.165, 1.54) is 0 Å². The predicted molar refractivity (Wildman–Crippen MR) is 132 cm³/mol. The molecule has 174 valence electrons. The van der Waals surface area contributed by atoms with Crippen LogP contribution in [0, 0.1) is 0 Å². The van der Waals surface area contributed by atoms with Crippen LogP contribution in [-0.4, -0.2) is 60.6 Å². The molecule has 0 atom stereocenters. The van der Waals surface area contributed by atoms with E-state index >= 15 is 0 Å². The summed E-state index contributed by atoms with van der Waals surface area (Å²) in [5.74, 6) is 1.61. The molecular weight excluding hydrogens is 477 g/mol. The number of imidazole rings is 2. The fourth-order valence-electron chi connectivity index (χ4n) is 4.10. The minimum absolute atomic E-state index is 0.460. The summed E-state index contributed by atoms with van der Waals surface area (Å²) in [5.41, 5.74) is 4.98. The molecule has 5 aromatic rings. The number of ether oxygens (including phenoxy) is 1. The Kier molecular flexibility index (Phi) is 5.28. The minimum Gasteiger partial charge on any atom is -0.378 e. The molecule has 0 bridgehead atoms. The van der Waals surface area contributed by atoms with Crippen LogP contribution in [0.1, 0.15) is 5.82 Å². The van der Waals surface area contributed by atoms with Crippen LogP contribution in [-0.2, 0) is 18.3 Å². The maximum absolute atomic E-state index is 6.15. The zero-order valence-corrected chi connectivity index (χ0v) is 19.8. The van der Waals surface area contributed by atoms with Crippen LogP contribution in [0.25, 0.3) is 27.9 Å². The van der Waals surface area contributed by atoms with Crippen LogP contribution in [0.15, 0.2) is 36.8 Å². The van der Waals surface area contributed by atoms with Crippen LogP contribution >= 0.6 is 23.2 Å². The number of aromatic amines is 1. The van der Waals surface area contributed by atoms with Gasteiger partial charge in [0.2, 0.25) is 0 Å². The van der Waals surface area contributed by atoms with Gasteiger partial charge >= 0.3 is 0 Å². The standard InChI is InChI=1S/C22H21Cl2N9O/c1-31-12-13(9-27-31)19-10-26-22-18(8-21(30-33(19)22)32-2-4-34-5-3-32)25-11-20-28-16-6-14(23)15(24)7-17(16)29-20/h6-10,12,25H,2-5,11H2,1H3,(H,28,29). The molecule has 0 unspecified atom stereocenters. The second kappa shape index (κ2) is 8.46. The van der Waals surface area contributed by atoms with Gasteiger partial charge in [-0.1, -0.05) is 23.2 Å². The fraction of sp³-hybridized carbons (Fsp3) is 0.273. The largest absolute Gasteiger partial charge is 0.378 e. The molecule has 0 amide bonds. The van der Waals surface area contributed by atoms with E-state index < -0.39 is 0 Å². The molecule has 6 rings (SSSR count). The number of nitrogens with zero attached hydrogens (tertiary/aromatic N) is 7. The monoisotopic (exact) mass is 497 g/mol. The van der Waals surface area contributed by atoms with E-state index in [2.05, 4.69) is 30.3 Å². The molecule has 1 aromatic carbocycles. The topological polar surface area (TPSA) is 101 Å². The number of H-pyrrole nitrogens is 1. The van der Waals surface area contributed by atoms with Gasteiger partial charge in [-0.2, -0.15) is 5.10 Å². The van der Waals surface area contributed by atoms with E-state index in [1.807, 2.05) is 36.2 Å². The van der Waals surface area contributed by atoms with Crippen molar-refractivity contribution in [3.63, 3.8) is 0 Å². The molecule has 1 aliphatic rings. The van der Waals surface area contributed by atoms with Crippen LogP contribution in [0.2, 0.25) is 10.0 Å². The molecule has 10 nitrogen and oxygen atoms in total. The summed E-state index contributed by atoms with van der Waals surface area (Å²) in [4.78, 5) is 14.8. The molecule has 1 aliphatic heterocycles. The maximum atomic E-state index is 6.15. The number of rotatable bonds is 5. The van der Waals surface area contributed by atoms with Gasteiger partial charge in [-0.05, 0) is 12.1 Å². The number of aryl methyl sites for hydroxylation is 1. The third kappa shape index (κ3) is 3.83. The number of nitrogens with one attached hydrogen (secondary N) is 2. The van der Waals surface area contributed by atoms with Crippen molar-refractivity contribution in [2.75, 3.05) is 36.5 Å². The van der Waals surface area contributed by atoms with E-state index in [-0.39, 0.29) is 0 Å². The first kappa shape index (κ1) is 21.2. The Balaban J connectivity index is 1.38. The lowest BCUT2D eigenvalue weighted by molar-refractivity contribution is 0.122. The molecule has 5 heterocycles. The first-order chi connectivity index (χ1) is 16.5. The summed E-state index contributed by atoms with van der Waals surface area (Å²) in [6.45, 7) is 3.36. The van der Waals surface area contributed by atoms with Gasteiger partial charge in [-0.25, -0.2) is 14.5 Å². The van der Waals surface area contributed by atoms with Crippen molar-refractivity contribution in [3.05, 3.63) is 52.7 Å². The summed E-state index contributed by atoms with van der Waals surface area (Å²) >= 11 is 12.3. The van der Waals surface area contributed by atoms with Crippen LogP contribution in [0.4, 0.5) is 11.5 Å². The second-order valence-corrected chi connectivity index (χ2v) is 8.93. The lowest BCUT2D eigenvalue weighted by Gasteiger charge is -2.28. The van der Waals surface area contributed by atoms with E-state index in [0.29, 0.717) is 29.8 Å². The van der Waals surface area contributed by atoms with Crippen molar-refractivity contribution in [3.8, 4) is 11.3 Å². The second-order valence-electron chi connectivity index (χ2n) is 8.12. The van der Waals surface area contributed by atoms with E-state index in [0.717, 1.165) is 58.4 Å². The Labute approximate surface area is 204 Å².